The van der Waals surface area contributed by atoms with Gasteiger partial charge in [-0.2, -0.15) is 0 Å². The summed E-state index contributed by atoms with van der Waals surface area (Å²) >= 11 is 7.54. The van der Waals surface area contributed by atoms with Crippen LogP contribution in [0.15, 0.2) is 11.1 Å². The Kier molecular flexibility index (Phi) is 3.80. The second-order valence-corrected chi connectivity index (χ2v) is 10.5. The normalized spacial score (nSPS) is 31.8. The Morgan fingerprint density at radius 3 is 2.52 bits per heavy atom. The second-order valence-electron chi connectivity index (χ2n) is 6.08. The Bertz CT molecular complexity index is 747. The third kappa shape index (κ3) is 2.53. The molecule has 21 heavy (non-hydrogen) atoms. The van der Waals surface area contributed by atoms with Crippen LogP contribution in [-0.2, 0) is 15.1 Å². The van der Waals surface area contributed by atoms with Gasteiger partial charge in [0.15, 0.2) is 5.78 Å². The van der Waals surface area contributed by atoms with Crippen LogP contribution in [0.5, 0.6) is 0 Å². The van der Waals surface area contributed by atoms with Crippen LogP contribution in [0.4, 0.5) is 0 Å². The fourth-order valence-corrected chi connectivity index (χ4v) is 5.81. The van der Waals surface area contributed by atoms with E-state index in [9.17, 15) is 9.00 Å². The van der Waals surface area contributed by atoms with E-state index in [0.29, 0.717) is 20.6 Å². The lowest BCUT2D eigenvalue weighted by atomic mass is 10.0. The highest BCUT2D eigenvalue weighted by molar-refractivity contribution is 8.02. The summed E-state index contributed by atoms with van der Waals surface area (Å²) in [4.78, 5) is 17.3. The molecule has 0 fully saturated rings. The van der Waals surface area contributed by atoms with Crippen molar-refractivity contribution in [1.29, 1.82) is 0 Å². The van der Waals surface area contributed by atoms with Crippen molar-refractivity contribution in [2.45, 2.75) is 38.0 Å². The van der Waals surface area contributed by atoms with Crippen molar-refractivity contribution in [2.75, 3.05) is 5.75 Å². The molecule has 0 aliphatic carbocycles. The molecule has 2 heterocycles. The molecule has 4 nitrogen and oxygen atoms in total. The smallest absolute Gasteiger partial charge is 0.169 e. The van der Waals surface area contributed by atoms with Crippen molar-refractivity contribution < 1.29 is 9.00 Å². The van der Waals surface area contributed by atoms with Crippen LogP contribution in [0.1, 0.15) is 42.2 Å². The maximum atomic E-state index is 12.9. The SMILES string of the molecule is C=S1(=O)C[C@@](C)(c2sc(C(C)=O)cc2Cl)N=C(N)C1(C)C. The monoisotopic (exact) mass is 346 g/mol. The van der Waals surface area contributed by atoms with Crippen molar-refractivity contribution in [3.05, 3.63) is 20.8 Å². The summed E-state index contributed by atoms with van der Waals surface area (Å²) < 4.78 is 12.2. The number of ketones is 1. The zero-order chi connectivity index (χ0) is 16.2. The van der Waals surface area contributed by atoms with Gasteiger partial charge in [-0.15, -0.1) is 11.3 Å². The van der Waals surface area contributed by atoms with Crippen molar-refractivity contribution in [2.24, 2.45) is 10.7 Å². The van der Waals surface area contributed by atoms with Gasteiger partial charge in [-0.25, -0.2) is 0 Å². The third-order valence-electron chi connectivity index (χ3n) is 3.95. The largest absolute Gasteiger partial charge is 0.386 e. The highest BCUT2D eigenvalue weighted by Gasteiger charge is 2.46. The minimum Gasteiger partial charge on any atom is -0.386 e. The molecule has 1 unspecified atom stereocenters. The number of amidine groups is 1. The van der Waals surface area contributed by atoms with Gasteiger partial charge in [-0.3, -0.25) is 14.0 Å². The summed E-state index contributed by atoms with van der Waals surface area (Å²) in [6, 6.07) is 1.63. The van der Waals surface area contributed by atoms with Gasteiger partial charge in [-0.05, 0) is 49.2 Å². The molecule has 1 aromatic heterocycles. The van der Waals surface area contributed by atoms with Gasteiger partial charge < -0.3 is 5.73 Å². The number of hydrogen-bond donors (Lipinski definition) is 1. The molecule has 116 valence electrons. The minimum atomic E-state index is -2.49. The third-order valence-corrected chi connectivity index (χ3v) is 8.95. The van der Waals surface area contributed by atoms with Gasteiger partial charge in [0.25, 0.3) is 0 Å². The van der Waals surface area contributed by atoms with E-state index in [1.807, 2.05) is 6.92 Å². The predicted molar refractivity (Wildman–Crippen MR) is 92.5 cm³/mol. The van der Waals surface area contributed by atoms with Crippen molar-refractivity contribution in [3.63, 3.8) is 0 Å². The lowest BCUT2D eigenvalue weighted by Gasteiger charge is -2.40. The number of nitrogens with two attached hydrogens (primary N) is 1. The first kappa shape index (κ1) is 16.5. The summed E-state index contributed by atoms with van der Waals surface area (Å²) in [5.74, 6) is 4.40. The number of nitrogens with zero attached hydrogens (tertiary/aromatic N) is 1. The molecular formula is C14H19ClN2O2S2. The average molecular weight is 347 g/mol. The molecular weight excluding hydrogens is 328 g/mol. The quantitative estimate of drug-likeness (QED) is 0.661. The van der Waals surface area contributed by atoms with Crippen LogP contribution < -0.4 is 5.73 Å². The maximum Gasteiger partial charge on any atom is 0.169 e. The Hall–Kier alpha value is -0.850. The number of halogens is 1. The van der Waals surface area contributed by atoms with Gasteiger partial charge in [0.2, 0.25) is 0 Å². The summed E-state index contributed by atoms with van der Waals surface area (Å²) in [5.41, 5.74) is 5.23. The van der Waals surface area contributed by atoms with Gasteiger partial charge in [0, 0.05) is 5.75 Å². The molecule has 2 atom stereocenters. The molecule has 0 amide bonds. The second kappa shape index (κ2) is 4.83. The Labute approximate surface area is 134 Å². The van der Waals surface area contributed by atoms with E-state index in [2.05, 4.69) is 10.9 Å². The van der Waals surface area contributed by atoms with E-state index in [1.54, 1.807) is 19.9 Å². The Morgan fingerprint density at radius 1 is 1.52 bits per heavy atom. The molecule has 2 rings (SSSR count). The van der Waals surface area contributed by atoms with Crippen molar-refractivity contribution in [1.82, 2.24) is 0 Å². The zero-order valence-corrected chi connectivity index (χ0v) is 14.9. The van der Waals surface area contributed by atoms with E-state index >= 15 is 0 Å². The molecule has 1 aliphatic rings. The van der Waals surface area contributed by atoms with Crippen LogP contribution in [-0.4, -0.2) is 32.2 Å². The predicted octanol–water partition coefficient (Wildman–Crippen LogP) is 2.69. The van der Waals surface area contributed by atoms with Crippen molar-refractivity contribution in [3.8, 4) is 0 Å². The van der Waals surface area contributed by atoms with Gasteiger partial charge in [0.1, 0.15) is 11.4 Å². The minimum absolute atomic E-state index is 0.0554. The molecule has 7 heteroatoms. The Balaban J connectivity index is 2.64. The standard InChI is InChI=1S/C14H19ClN2O2S2/c1-8(18)10-6-9(15)11(20-10)14(4)7-21(5,19)13(2,3)12(16)17-14/h6H,5,7H2,1-4H3,(H2,16,17)/t14-,21?/m0/s1. The van der Waals surface area contributed by atoms with E-state index in [1.165, 1.54) is 18.3 Å². The first-order valence-electron chi connectivity index (χ1n) is 6.42. The summed E-state index contributed by atoms with van der Waals surface area (Å²) in [7, 11) is -2.49. The molecule has 0 saturated carbocycles. The summed E-state index contributed by atoms with van der Waals surface area (Å²) in [6.45, 7) is 6.90. The number of hydrogen-bond acceptors (Lipinski definition) is 5. The van der Waals surface area contributed by atoms with Crippen LogP contribution in [0.25, 0.3) is 0 Å². The van der Waals surface area contributed by atoms with E-state index in [-0.39, 0.29) is 11.5 Å². The first-order valence-corrected chi connectivity index (χ1v) is 9.51. The fourth-order valence-electron chi connectivity index (χ4n) is 2.28. The van der Waals surface area contributed by atoms with Crippen LogP contribution in [0.3, 0.4) is 0 Å². The van der Waals surface area contributed by atoms with Crippen LogP contribution >= 0.6 is 22.9 Å². The first-order chi connectivity index (χ1) is 9.41. The number of Topliss-reactive ketones (excluding diaryl/α,β-unsaturated/α-hetero) is 1. The molecule has 1 aliphatic heterocycles. The molecule has 1 aromatic rings. The summed E-state index contributed by atoms with van der Waals surface area (Å²) in [6.07, 6.45) is 0. The average Bonchev–Trinajstić information content (AvgIpc) is 2.69. The number of thiophene rings is 1. The fraction of sp³-hybridized carbons (Fsp3) is 0.500. The highest BCUT2D eigenvalue weighted by Crippen LogP contribution is 2.43. The topological polar surface area (TPSA) is 72.5 Å². The van der Waals surface area contributed by atoms with Gasteiger partial charge in [0.05, 0.1) is 19.5 Å². The molecule has 0 saturated heterocycles. The Morgan fingerprint density at radius 2 is 2.10 bits per heavy atom. The van der Waals surface area contributed by atoms with Crippen LogP contribution in [0.2, 0.25) is 5.02 Å². The number of aliphatic imine (C=N–C) groups is 1. The molecule has 0 spiro atoms. The molecule has 0 radical (unpaired) electrons. The van der Waals surface area contributed by atoms with Crippen molar-refractivity contribution >= 4 is 49.9 Å². The van der Waals surface area contributed by atoms with E-state index in [0.717, 1.165) is 0 Å². The van der Waals surface area contributed by atoms with Crippen LogP contribution in [0, 0.1) is 0 Å². The van der Waals surface area contributed by atoms with E-state index < -0.39 is 19.8 Å². The highest BCUT2D eigenvalue weighted by atomic mass is 35.5. The lowest BCUT2D eigenvalue weighted by molar-refractivity contribution is 0.102. The zero-order valence-electron chi connectivity index (χ0n) is 12.5. The maximum absolute atomic E-state index is 12.9. The lowest BCUT2D eigenvalue weighted by Crippen LogP contribution is -2.54. The van der Waals surface area contributed by atoms with Gasteiger partial charge in [-0.1, -0.05) is 11.6 Å². The number of carbonyl (C=O) groups excluding carboxylic acids is 1. The molecule has 0 bridgehead atoms. The van der Waals surface area contributed by atoms with E-state index in [4.69, 9.17) is 17.3 Å². The number of carbonyl (C=O) groups is 1. The summed E-state index contributed by atoms with van der Waals surface area (Å²) in [5, 5.41) is 0.458. The molecule has 0 aromatic carbocycles. The number of rotatable bonds is 2. The molecule has 2 N–H and O–H groups in total. The van der Waals surface area contributed by atoms with Gasteiger partial charge >= 0.3 is 0 Å².